The van der Waals surface area contributed by atoms with Gasteiger partial charge in [0, 0.05) is 0 Å². The fraction of sp³-hybridized carbons (Fsp3) is 0.917. The lowest BCUT2D eigenvalue weighted by Gasteiger charge is -2.42. The summed E-state index contributed by atoms with van der Waals surface area (Å²) < 4.78 is 9.98. The highest BCUT2D eigenvalue weighted by Crippen LogP contribution is 2.24. The average molecular weight is 358 g/mol. The molecule has 0 saturated carbocycles. The number of carboxylic acid groups (broad SMARTS) is 1. The molecule has 0 bridgehead atoms. The van der Waals surface area contributed by atoms with E-state index in [0.29, 0.717) is 0 Å². The zero-order chi connectivity index (χ0) is 18.6. The van der Waals surface area contributed by atoms with Gasteiger partial charge in [-0.2, -0.15) is 0 Å². The first-order valence-corrected chi connectivity index (χ1v) is 6.99. The van der Waals surface area contributed by atoms with E-state index in [1.165, 1.54) is 0 Å². The van der Waals surface area contributed by atoms with Crippen molar-refractivity contribution in [2.24, 2.45) is 0 Å². The molecule has 0 amide bonds. The summed E-state index contributed by atoms with van der Waals surface area (Å²) in [6.07, 6.45) is -16.9. The summed E-state index contributed by atoms with van der Waals surface area (Å²) in [5, 5.41) is 84.5. The molecule has 0 spiro atoms. The van der Waals surface area contributed by atoms with Crippen molar-refractivity contribution in [1.29, 1.82) is 0 Å². The molecule has 9 N–H and O–H groups in total. The molecule has 0 aromatic heterocycles. The van der Waals surface area contributed by atoms with Gasteiger partial charge in [-0.1, -0.05) is 0 Å². The third-order valence-electron chi connectivity index (χ3n) is 3.62. The maximum absolute atomic E-state index is 10.7. The topological polar surface area (TPSA) is 218 Å². The van der Waals surface area contributed by atoms with Crippen molar-refractivity contribution >= 4 is 5.97 Å². The number of rotatable bonds is 8. The minimum absolute atomic E-state index is 0.766. The lowest BCUT2D eigenvalue weighted by molar-refractivity contribution is -0.326. The van der Waals surface area contributed by atoms with Gasteiger partial charge in [0.05, 0.1) is 13.2 Å². The molecule has 1 heterocycles. The van der Waals surface area contributed by atoms with Gasteiger partial charge >= 0.3 is 5.97 Å². The van der Waals surface area contributed by atoms with Crippen LogP contribution in [0.5, 0.6) is 0 Å². The minimum Gasteiger partial charge on any atom is -0.479 e. The SMILES string of the molecule is O=C(O)[C@@H](O)[C@H](O)[C@@H](O[C@@H]1O[C@H](CO)[C@@H](O)[C@H](O)[C@H]1O)[C@H](O)CO. The first-order chi connectivity index (χ1) is 11.1. The van der Waals surface area contributed by atoms with Gasteiger partial charge in [0.2, 0.25) is 0 Å². The van der Waals surface area contributed by atoms with Gasteiger partial charge in [0.15, 0.2) is 12.4 Å². The van der Waals surface area contributed by atoms with Gasteiger partial charge in [-0.15, -0.1) is 0 Å². The monoisotopic (exact) mass is 358 g/mol. The summed E-state index contributed by atoms with van der Waals surface area (Å²) in [5.74, 6) is -1.84. The molecule has 0 radical (unpaired) electrons. The van der Waals surface area contributed by atoms with Gasteiger partial charge < -0.3 is 55.4 Å². The summed E-state index contributed by atoms with van der Waals surface area (Å²) in [6.45, 7) is -1.76. The smallest absolute Gasteiger partial charge is 0.335 e. The summed E-state index contributed by atoms with van der Waals surface area (Å²) >= 11 is 0. The molecule has 1 fully saturated rings. The molecule has 0 aromatic rings. The Hall–Kier alpha value is -0.930. The molecule has 12 heteroatoms. The van der Waals surface area contributed by atoms with Crippen LogP contribution in [0.3, 0.4) is 0 Å². The van der Waals surface area contributed by atoms with Crippen LogP contribution in [0.4, 0.5) is 0 Å². The zero-order valence-corrected chi connectivity index (χ0v) is 12.4. The second-order valence-corrected chi connectivity index (χ2v) is 5.32. The molecule has 12 nitrogen and oxygen atoms in total. The van der Waals surface area contributed by atoms with Crippen LogP contribution in [0.2, 0.25) is 0 Å². The maximum Gasteiger partial charge on any atom is 0.335 e. The number of hydrogen-bond donors (Lipinski definition) is 9. The summed E-state index contributed by atoms with van der Waals surface area (Å²) in [7, 11) is 0. The van der Waals surface area contributed by atoms with Crippen molar-refractivity contribution in [3.63, 3.8) is 0 Å². The van der Waals surface area contributed by atoms with Crippen LogP contribution >= 0.6 is 0 Å². The Bertz CT molecular complexity index is 403. The van der Waals surface area contributed by atoms with Crippen LogP contribution in [0.1, 0.15) is 0 Å². The fourth-order valence-electron chi connectivity index (χ4n) is 2.16. The Labute approximate surface area is 135 Å². The van der Waals surface area contributed by atoms with Crippen LogP contribution in [-0.4, -0.2) is 120 Å². The Morgan fingerprint density at radius 2 is 1.62 bits per heavy atom. The number of aliphatic hydroxyl groups excluding tert-OH is 8. The summed E-state index contributed by atoms with van der Waals surface area (Å²) in [6, 6.07) is 0. The summed E-state index contributed by atoms with van der Waals surface area (Å²) in [5.41, 5.74) is 0. The number of ether oxygens (including phenoxy) is 2. The number of hydrogen-bond acceptors (Lipinski definition) is 11. The minimum atomic E-state index is -2.39. The normalized spacial score (nSPS) is 35.9. The van der Waals surface area contributed by atoms with Gasteiger partial charge in [-0.25, -0.2) is 4.79 Å². The average Bonchev–Trinajstić information content (AvgIpc) is 2.57. The van der Waals surface area contributed by atoms with Crippen LogP contribution in [0, 0.1) is 0 Å². The van der Waals surface area contributed by atoms with Gasteiger partial charge in [-0.05, 0) is 0 Å². The van der Waals surface area contributed by atoms with E-state index in [9.17, 15) is 35.4 Å². The van der Waals surface area contributed by atoms with Crippen LogP contribution < -0.4 is 0 Å². The second-order valence-electron chi connectivity index (χ2n) is 5.32. The zero-order valence-electron chi connectivity index (χ0n) is 12.4. The molecule has 0 aromatic carbocycles. The molecule has 0 aliphatic carbocycles. The van der Waals surface area contributed by atoms with Crippen molar-refractivity contribution in [1.82, 2.24) is 0 Å². The number of aliphatic hydroxyl groups is 8. The largest absolute Gasteiger partial charge is 0.479 e. The quantitative estimate of drug-likeness (QED) is 0.198. The van der Waals surface area contributed by atoms with Gasteiger partial charge in [-0.3, -0.25) is 0 Å². The van der Waals surface area contributed by atoms with Crippen molar-refractivity contribution < 1.29 is 60.2 Å². The van der Waals surface area contributed by atoms with Crippen LogP contribution in [0.25, 0.3) is 0 Å². The third-order valence-corrected chi connectivity index (χ3v) is 3.62. The predicted molar refractivity (Wildman–Crippen MR) is 71.4 cm³/mol. The van der Waals surface area contributed by atoms with Crippen molar-refractivity contribution in [3.05, 3.63) is 0 Å². The molecule has 1 saturated heterocycles. The van der Waals surface area contributed by atoms with E-state index < -0.39 is 74.3 Å². The lowest BCUT2D eigenvalue weighted by atomic mass is 9.98. The number of carbonyl (C=O) groups is 1. The summed E-state index contributed by atoms with van der Waals surface area (Å²) in [4.78, 5) is 10.7. The van der Waals surface area contributed by atoms with Gasteiger partial charge in [0.1, 0.15) is 42.7 Å². The molecule has 0 unspecified atom stereocenters. The number of aliphatic carboxylic acids is 1. The van der Waals surface area contributed by atoms with Crippen molar-refractivity contribution in [2.75, 3.05) is 13.2 Å². The highest BCUT2D eigenvalue weighted by atomic mass is 16.7. The predicted octanol–water partition coefficient (Wildman–Crippen LogP) is -5.67. The van der Waals surface area contributed by atoms with Gasteiger partial charge in [0.25, 0.3) is 0 Å². The van der Waals surface area contributed by atoms with E-state index in [4.69, 9.17) is 24.8 Å². The molecular weight excluding hydrogens is 336 g/mol. The molecule has 9 atom stereocenters. The Morgan fingerprint density at radius 3 is 2.08 bits per heavy atom. The molecule has 1 rings (SSSR count). The number of carboxylic acids is 1. The Balaban J connectivity index is 2.94. The van der Waals surface area contributed by atoms with Crippen LogP contribution in [-0.2, 0) is 14.3 Å². The molecule has 142 valence electrons. The van der Waals surface area contributed by atoms with E-state index >= 15 is 0 Å². The van der Waals surface area contributed by atoms with E-state index in [-0.39, 0.29) is 0 Å². The molecular formula is C12H22O12. The van der Waals surface area contributed by atoms with E-state index in [1.807, 2.05) is 0 Å². The standard InChI is InChI=1S/C12H22O12/c13-1-3(15)10(7(18)8(19)11(21)22)24-12-9(20)6(17)5(16)4(2-14)23-12/h3-10,12-20H,1-2H2,(H,21,22)/t3-,4-,5-,6+,7+,8+,9-,10+,12+/m1/s1. The molecule has 1 aliphatic heterocycles. The second kappa shape index (κ2) is 8.96. The first-order valence-electron chi connectivity index (χ1n) is 6.99. The molecule has 1 aliphatic rings. The third kappa shape index (κ3) is 4.58. The van der Waals surface area contributed by atoms with Crippen LogP contribution in [0.15, 0.2) is 0 Å². The highest BCUT2D eigenvalue weighted by Gasteiger charge is 2.47. The maximum atomic E-state index is 10.7. The first kappa shape index (κ1) is 21.1. The van der Waals surface area contributed by atoms with E-state index in [1.54, 1.807) is 0 Å². The van der Waals surface area contributed by atoms with Crippen molar-refractivity contribution in [2.45, 2.75) is 55.1 Å². The molecule has 24 heavy (non-hydrogen) atoms. The Morgan fingerprint density at radius 1 is 1.04 bits per heavy atom. The fourth-order valence-corrected chi connectivity index (χ4v) is 2.16. The highest BCUT2D eigenvalue weighted by molar-refractivity contribution is 5.72. The Kier molecular flexibility index (Phi) is 7.88. The van der Waals surface area contributed by atoms with E-state index in [2.05, 4.69) is 0 Å². The lowest BCUT2D eigenvalue weighted by Crippen LogP contribution is -2.61. The van der Waals surface area contributed by atoms with E-state index in [0.717, 1.165) is 0 Å². The van der Waals surface area contributed by atoms with Crippen molar-refractivity contribution in [3.8, 4) is 0 Å².